The molecule has 0 saturated heterocycles. The second-order valence-corrected chi connectivity index (χ2v) is 8.59. The monoisotopic (exact) mass is 605 g/mol. The van der Waals surface area contributed by atoms with E-state index in [2.05, 4.69) is 42.4 Å². The zero-order chi connectivity index (χ0) is 25.4. The fraction of sp³-hybridized carbons (Fsp3) is 0.0870. The largest absolute Gasteiger partial charge is 0.493 e. The quantitative estimate of drug-likeness (QED) is 0.121. The van der Waals surface area contributed by atoms with Crippen molar-refractivity contribution in [3.63, 3.8) is 0 Å². The molecular formula is C23H17Br2N3O7. The number of halogens is 2. The summed E-state index contributed by atoms with van der Waals surface area (Å²) in [5.74, 6) is -0.720. The molecule has 12 heteroatoms. The van der Waals surface area contributed by atoms with Gasteiger partial charge in [-0.1, -0.05) is 37.9 Å². The van der Waals surface area contributed by atoms with Gasteiger partial charge in [0, 0.05) is 15.0 Å². The van der Waals surface area contributed by atoms with E-state index in [-0.39, 0.29) is 22.9 Å². The van der Waals surface area contributed by atoms with Crippen molar-refractivity contribution in [3.05, 3.63) is 90.9 Å². The average molecular weight is 607 g/mol. The molecule has 0 saturated carbocycles. The maximum Gasteiger partial charge on any atom is 0.343 e. The summed E-state index contributed by atoms with van der Waals surface area (Å²) < 4.78 is 17.2. The van der Waals surface area contributed by atoms with Crippen LogP contribution in [0.5, 0.6) is 17.2 Å². The first kappa shape index (κ1) is 25.8. The molecule has 0 atom stereocenters. The normalized spacial score (nSPS) is 10.6. The fourth-order valence-electron chi connectivity index (χ4n) is 2.73. The molecule has 35 heavy (non-hydrogen) atoms. The summed E-state index contributed by atoms with van der Waals surface area (Å²) in [4.78, 5) is 34.9. The molecular weight excluding hydrogens is 590 g/mol. The van der Waals surface area contributed by atoms with E-state index in [1.807, 2.05) is 0 Å². The lowest BCUT2D eigenvalue weighted by Crippen LogP contribution is -2.24. The molecule has 0 unspecified atom stereocenters. The molecule has 3 aromatic carbocycles. The van der Waals surface area contributed by atoms with Gasteiger partial charge in [-0.05, 0) is 54.1 Å². The Morgan fingerprint density at radius 1 is 1.03 bits per heavy atom. The standard InChI is InChI=1S/C23H17Br2N3O7/c1-33-21-9-14(5-7-20(21)35-23(30)15-3-2-4-16(24)10-15)12-26-27-22(29)13-34-19-8-6-17(25)11-18(19)28(31)32/h2-12H,13H2,1H3,(H,27,29). The molecule has 0 bridgehead atoms. The molecule has 0 fully saturated rings. The molecule has 180 valence electrons. The Morgan fingerprint density at radius 2 is 1.77 bits per heavy atom. The Morgan fingerprint density at radius 3 is 2.49 bits per heavy atom. The van der Waals surface area contributed by atoms with Crippen molar-refractivity contribution >= 4 is 55.6 Å². The Kier molecular flexibility index (Phi) is 8.92. The molecule has 0 aromatic heterocycles. The van der Waals surface area contributed by atoms with Gasteiger partial charge >= 0.3 is 11.7 Å². The van der Waals surface area contributed by atoms with Crippen LogP contribution in [0.4, 0.5) is 5.69 Å². The van der Waals surface area contributed by atoms with Crippen LogP contribution in [0.2, 0.25) is 0 Å². The first-order valence-corrected chi connectivity index (χ1v) is 11.4. The van der Waals surface area contributed by atoms with E-state index < -0.39 is 23.4 Å². The molecule has 3 rings (SSSR count). The number of hydrogen-bond donors (Lipinski definition) is 1. The number of hydrogen-bond acceptors (Lipinski definition) is 8. The van der Waals surface area contributed by atoms with Gasteiger partial charge in [-0.3, -0.25) is 14.9 Å². The van der Waals surface area contributed by atoms with Crippen LogP contribution in [-0.4, -0.2) is 36.7 Å². The number of nitrogens with one attached hydrogen (secondary N) is 1. The smallest absolute Gasteiger partial charge is 0.343 e. The molecule has 3 aromatic rings. The number of nitrogens with zero attached hydrogens (tertiary/aromatic N) is 2. The van der Waals surface area contributed by atoms with Gasteiger partial charge in [0.25, 0.3) is 5.91 Å². The van der Waals surface area contributed by atoms with Gasteiger partial charge in [0.15, 0.2) is 23.9 Å². The number of methoxy groups -OCH3 is 1. The number of carbonyl (C=O) groups excluding carboxylic acids is 2. The van der Waals surface area contributed by atoms with E-state index in [4.69, 9.17) is 14.2 Å². The van der Waals surface area contributed by atoms with Crippen molar-refractivity contribution in [2.45, 2.75) is 0 Å². The lowest BCUT2D eigenvalue weighted by molar-refractivity contribution is -0.385. The number of nitro groups is 1. The third-order valence-corrected chi connectivity index (χ3v) is 5.32. The van der Waals surface area contributed by atoms with Gasteiger partial charge < -0.3 is 14.2 Å². The maximum absolute atomic E-state index is 12.4. The molecule has 1 N–H and O–H groups in total. The molecule has 0 heterocycles. The second kappa shape index (κ2) is 12.1. The van der Waals surface area contributed by atoms with Gasteiger partial charge in [0.05, 0.1) is 23.8 Å². The SMILES string of the molecule is COc1cc(C=NNC(=O)COc2ccc(Br)cc2[N+](=O)[O-])ccc1OC(=O)c1cccc(Br)c1. The zero-order valence-corrected chi connectivity index (χ0v) is 21.2. The Balaban J connectivity index is 1.59. The van der Waals surface area contributed by atoms with Gasteiger partial charge in [0.1, 0.15) is 0 Å². The minimum Gasteiger partial charge on any atom is -0.493 e. The van der Waals surface area contributed by atoms with Crippen LogP contribution >= 0.6 is 31.9 Å². The summed E-state index contributed by atoms with van der Waals surface area (Å²) in [7, 11) is 1.42. The highest BCUT2D eigenvalue weighted by Gasteiger charge is 2.17. The van der Waals surface area contributed by atoms with Crippen molar-refractivity contribution in [2.75, 3.05) is 13.7 Å². The lowest BCUT2D eigenvalue weighted by Gasteiger charge is -2.10. The number of benzene rings is 3. The number of carbonyl (C=O) groups is 2. The molecule has 0 aliphatic rings. The highest BCUT2D eigenvalue weighted by molar-refractivity contribution is 9.10. The van der Waals surface area contributed by atoms with E-state index in [0.29, 0.717) is 15.6 Å². The van der Waals surface area contributed by atoms with E-state index in [0.717, 1.165) is 4.47 Å². The minimum atomic E-state index is -0.620. The van der Waals surface area contributed by atoms with Crippen LogP contribution in [0.1, 0.15) is 15.9 Å². The summed E-state index contributed by atoms with van der Waals surface area (Å²) in [6.07, 6.45) is 1.35. The molecule has 0 aliphatic carbocycles. The number of rotatable bonds is 9. The van der Waals surface area contributed by atoms with Gasteiger partial charge in [-0.15, -0.1) is 0 Å². The second-order valence-electron chi connectivity index (χ2n) is 6.76. The highest BCUT2D eigenvalue weighted by atomic mass is 79.9. The van der Waals surface area contributed by atoms with Crippen LogP contribution in [0.15, 0.2) is 74.7 Å². The van der Waals surface area contributed by atoms with E-state index in [9.17, 15) is 19.7 Å². The molecule has 0 spiro atoms. The van der Waals surface area contributed by atoms with Crippen molar-refractivity contribution in [2.24, 2.45) is 5.10 Å². The Hall–Kier alpha value is -3.77. The van der Waals surface area contributed by atoms with Crippen LogP contribution in [0.25, 0.3) is 0 Å². The van der Waals surface area contributed by atoms with Crippen LogP contribution in [0, 0.1) is 10.1 Å². The Bertz CT molecular complexity index is 1300. The Labute approximate surface area is 216 Å². The molecule has 0 aliphatic heterocycles. The zero-order valence-electron chi connectivity index (χ0n) is 18.1. The van der Waals surface area contributed by atoms with Crippen molar-refractivity contribution in [1.82, 2.24) is 5.43 Å². The molecule has 0 radical (unpaired) electrons. The number of amides is 1. The third-order valence-electron chi connectivity index (χ3n) is 4.33. The van der Waals surface area contributed by atoms with E-state index >= 15 is 0 Å². The molecule has 10 nitrogen and oxygen atoms in total. The van der Waals surface area contributed by atoms with Gasteiger partial charge in [0.2, 0.25) is 0 Å². The summed E-state index contributed by atoms with van der Waals surface area (Å²) in [5, 5.41) is 14.9. The van der Waals surface area contributed by atoms with Crippen molar-refractivity contribution in [1.29, 1.82) is 0 Å². The number of hydrazone groups is 1. The highest BCUT2D eigenvalue weighted by Crippen LogP contribution is 2.30. The van der Waals surface area contributed by atoms with Crippen LogP contribution in [0.3, 0.4) is 0 Å². The first-order chi connectivity index (χ1) is 16.8. The predicted octanol–water partition coefficient (Wildman–Crippen LogP) is 4.88. The number of nitro benzene ring substituents is 1. The van der Waals surface area contributed by atoms with Gasteiger partial charge in [-0.25, -0.2) is 10.2 Å². The summed E-state index contributed by atoms with van der Waals surface area (Å²) in [6, 6.07) is 15.7. The summed E-state index contributed by atoms with van der Waals surface area (Å²) >= 11 is 6.45. The average Bonchev–Trinajstić information content (AvgIpc) is 2.83. The summed E-state index contributed by atoms with van der Waals surface area (Å²) in [5.41, 5.74) is 2.91. The topological polar surface area (TPSA) is 129 Å². The fourth-order valence-corrected chi connectivity index (χ4v) is 3.48. The number of esters is 1. The first-order valence-electron chi connectivity index (χ1n) is 9.81. The number of ether oxygens (including phenoxy) is 3. The van der Waals surface area contributed by atoms with E-state index in [1.54, 1.807) is 42.5 Å². The lowest BCUT2D eigenvalue weighted by atomic mass is 10.2. The maximum atomic E-state index is 12.4. The summed E-state index contributed by atoms with van der Waals surface area (Å²) in [6.45, 7) is -0.479. The third kappa shape index (κ3) is 7.36. The van der Waals surface area contributed by atoms with Crippen LogP contribution in [-0.2, 0) is 4.79 Å². The van der Waals surface area contributed by atoms with E-state index in [1.165, 1.54) is 31.5 Å². The van der Waals surface area contributed by atoms with Crippen LogP contribution < -0.4 is 19.6 Å². The predicted molar refractivity (Wildman–Crippen MR) is 134 cm³/mol. The van der Waals surface area contributed by atoms with Crippen molar-refractivity contribution < 1.29 is 28.7 Å². The molecule has 1 amide bonds. The van der Waals surface area contributed by atoms with Gasteiger partial charge in [-0.2, -0.15) is 5.10 Å². The minimum absolute atomic E-state index is 0.0462. The van der Waals surface area contributed by atoms with Crippen molar-refractivity contribution in [3.8, 4) is 17.2 Å².